The van der Waals surface area contributed by atoms with E-state index < -0.39 is 9.84 Å². The zero-order valence-corrected chi connectivity index (χ0v) is 17.5. The number of para-hydroxylation sites is 1. The summed E-state index contributed by atoms with van der Waals surface area (Å²) < 4.78 is 25.4. The van der Waals surface area contributed by atoms with Gasteiger partial charge in [0.15, 0.2) is 9.84 Å². The maximum Gasteiger partial charge on any atom is 0.321 e. The molecule has 0 aliphatic heterocycles. The summed E-state index contributed by atoms with van der Waals surface area (Å²) in [6.07, 6.45) is 5.20. The lowest BCUT2D eigenvalue weighted by molar-refractivity contribution is 0.220. The van der Waals surface area contributed by atoms with Crippen molar-refractivity contribution in [2.45, 2.75) is 24.8 Å². The Hall–Kier alpha value is -3.13. The van der Waals surface area contributed by atoms with E-state index in [1.54, 1.807) is 36.3 Å². The molecule has 29 heavy (non-hydrogen) atoms. The fourth-order valence-electron chi connectivity index (χ4n) is 2.92. The first-order chi connectivity index (χ1) is 13.8. The van der Waals surface area contributed by atoms with E-state index in [2.05, 4.69) is 29.5 Å². The first kappa shape index (κ1) is 20.6. The van der Waals surface area contributed by atoms with Gasteiger partial charge in [-0.2, -0.15) is 5.10 Å². The van der Waals surface area contributed by atoms with Crippen LogP contribution in [0.2, 0.25) is 0 Å². The molecule has 0 aliphatic carbocycles. The molecule has 0 radical (unpaired) electrons. The van der Waals surface area contributed by atoms with Crippen LogP contribution in [0.1, 0.15) is 18.1 Å². The Bertz CT molecular complexity index is 1100. The summed E-state index contributed by atoms with van der Waals surface area (Å²) in [5.41, 5.74) is 3.20. The van der Waals surface area contributed by atoms with Gasteiger partial charge >= 0.3 is 6.03 Å². The topological polar surface area (TPSA) is 84.3 Å². The molecule has 3 rings (SSSR count). The number of carbonyl (C=O) groups excluding carboxylic acids is 1. The van der Waals surface area contributed by atoms with Crippen LogP contribution in [0, 0.1) is 0 Å². The lowest BCUT2D eigenvalue weighted by atomic mass is 10.1. The van der Waals surface area contributed by atoms with E-state index in [0.29, 0.717) is 17.9 Å². The summed E-state index contributed by atoms with van der Waals surface area (Å²) in [4.78, 5) is 14.2. The Balaban J connectivity index is 1.70. The molecule has 0 fully saturated rings. The van der Waals surface area contributed by atoms with Crippen molar-refractivity contribution in [3.05, 3.63) is 72.1 Å². The summed E-state index contributed by atoms with van der Waals surface area (Å²) in [6.45, 7) is 2.57. The number of nitrogens with one attached hydrogen (secondary N) is 1. The van der Waals surface area contributed by atoms with Crippen molar-refractivity contribution in [2.75, 3.05) is 18.6 Å². The molecule has 0 saturated carbocycles. The van der Waals surface area contributed by atoms with Crippen LogP contribution < -0.4 is 5.32 Å². The van der Waals surface area contributed by atoms with E-state index in [1.807, 2.05) is 12.1 Å². The van der Waals surface area contributed by atoms with Crippen LogP contribution in [-0.2, 0) is 22.8 Å². The molecule has 0 saturated heterocycles. The predicted molar refractivity (Wildman–Crippen MR) is 113 cm³/mol. The molecule has 2 aromatic carbocycles. The number of anilines is 1. The van der Waals surface area contributed by atoms with Gasteiger partial charge in [-0.15, -0.1) is 0 Å². The molecule has 1 N–H and O–H groups in total. The number of amides is 2. The molecule has 8 heteroatoms. The lowest BCUT2D eigenvalue weighted by Crippen LogP contribution is -2.30. The van der Waals surface area contributed by atoms with E-state index in [9.17, 15) is 13.2 Å². The molecule has 0 aliphatic rings. The summed E-state index contributed by atoms with van der Waals surface area (Å²) in [5, 5.41) is 6.98. The third-order valence-corrected chi connectivity index (χ3v) is 5.69. The van der Waals surface area contributed by atoms with Gasteiger partial charge in [0, 0.05) is 19.8 Å². The smallest absolute Gasteiger partial charge is 0.321 e. The number of carbonyl (C=O) groups is 1. The van der Waals surface area contributed by atoms with Gasteiger partial charge in [0.25, 0.3) is 0 Å². The van der Waals surface area contributed by atoms with Gasteiger partial charge in [0.2, 0.25) is 0 Å². The molecular weight excluding hydrogens is 388 g/mol. The highest BCUT2D eigenvalue weighted by atomic mass is 32.2. The molecular formula is C21H24N4O3S. The first-order valence-electron chi connectivity index (χ1n) is 9.22. The number of aromatic nitrogens is 2. The average molecular weight is 413 g/mol. The van der Waals surface area contributed by atoms with Crippen LogP contribution in [0.3, 0.4) is 0 Å². The van der Waals surface area contributed by atoms with Gasteiger partial charge in [0.1, 0.15) is 0 Å². The van der Waals surface area contributed by atoms with Crippen molar-refractivity contribution in [1.29, 1.82) is 0 Å². The van der Waals surface area contributed by atoms with Crippen LogP contribution in [-0.4, -0.2) is 42.4 Å². The van der Waals surface area contributed by atoms with E-state index in [4.69, 9.17) is 0 Å². The van der Waals surface area contributed by atoms with Crippen LogP contribution in [0.15, 0.2) is 65.8 Å². The maximum absolute atomic E-state index is 12.5. The van der Waals surface area contributed by atoms with Crippen molar-refractivity contribution in [3.63, 3.8) is 0 Å². The van der Waals surface area contributed by atoms with Crippen LogP contribution in [0.5, 0.6) is 0 Å². The Morgan fingerprint density at radius 3 is 2.41 bits per heavy atom. The Morgan fingerprint density at radius 2 is 1.76 bits per heavy atom. The number of benzene rings is 2. The Morgan fingerprint density at radius 1 is 1.10 bits per heavy atom. The number of rotatable bonds is 6. The van der Waals surface area contributed by atoms with Crippen molar-refractivity contribution in [2.24, 2.45) is 0 Å². The SMILES string of the molecule is CCc1ccc(CN(C)C(=O)Nc2cnn(-c3ccccc3S(C)(=O)=O)c2)cc1. The van der Waals surface area contributed by atoms with Crippen LogP contribution in [0.25, 0.3) is 5.69 Å². The normalized spacial score (nSPS) is 11.3. The highest BCUT2D eigenvalue weighted by molar-refractivity contribution is 7.90. The molecule has 0 atom stereocenters. The fourth-order valence-corrected chi connectivity index (χ4v) is 3.79. The number of sulfone groups is 1. The molecule has 3 aromatic rings. The molecule has 0 bridgehead atoms. The number of hydrogen-bond acceptors (Lipinski definition) is 4. The van der Waals surface area contributed by atoms with E-state index in [-0.39, 0.29) is 10.9 Å². The van der Waals surface area contributed by atoms with Gasteiger partial charge in [-0.3, -0.25) is 0 Å². The maximum atomic E-state index is 12.5. The van der Waals surface area contributed by atoms with Crippen molar-refractivity contribution < 1.29 is 13.2 Å². The highest BCUT2D eigenvalue weighted by Crippen LogP contribution is 2.21. The second-order valence-corrected chi connectivity index (χ2v) is 8.85. The summed E-state index contributed by atoms with van der Waals surface area (Å²) in [5.74, 6) is 0. The monoisotopic (exact) mass is 412 g/mol. The average Bonchev–Trinajstić information content (AvgIpc) is 3.16. The van der Waals surface area contributed by atoms with Crippen molar-refractivity contribution in [1.82, 2.24) is 14.7 Å². The predicted octanol–water partition coefficient (Wildman–Crippen LogP) is 3.50. The van der Waals surface area contributed by atoms with E-state index in [0.717, 1.165) is 18.2 Å². The van der Waals surface area contributed by atoms with Gasteiger partial charge in [0.05, 0.1) is 28.7 Å². The standard InChI is InChI=1S/C21H24N4O3S/c1-4-16-9-11-17(12-10-16)14-24(2)21(26)23-18-13-22-25(15-18)19-7-5-6-8-20(19)29(3,27)28/h5-13,15H,4,14H2,1-3H3,(H,23,26). The summed E-state index contributed by atoms with van der Waals surface area (Å²) in [6, 6.07) is 14.5. The van der Waals surface area contributed by atoms with Crippen molar-refractivity contribution in [3.8, 4) is 5.69 Å². The minimum atomic E-state index is -3.40. The second-order valence-electron chi connectivity index (χ2n) is 6.87. The number of hydrogen-bond donors (Lipinski definition) is 1. The summed E-state index contributed by atoms with van der Waals surface area (Å²) in [7, 11) is -1.69. The van der Waals surface area contributed by atoms with Crippen molar-refractivity contribution >= 4 is 21.6 Å². The first-order valence-corrected chi connectivity index (χ1v) is 11.1. The quantitative estimate of drug-likeness (QED) is 0.672. The van der Waals surface area contributed by atoms with Gasteiger partial charge in [-0.05, 0) is 29.7 Å². The molecule has 7 nitrogen and oxygen atoms in total. The summed E-state index contributed by atoms with van der Waals surface area (Å²) >= 11 is 0. The molecule has 1 aromatic heterocycles. The molecule has 1 heterocycles. The molecule has 0 spiro atoms. The zero-order valence-electron chi connectivity index (χ0n) is 16.7. The third kappa shape index (κ3) is 5.03. The van der Waals surface area contributed by atoms with Gasteiger partial charge < -0.3 is 10.2 Å². The van der Waals surface area contributed by atoms with E-state index >= 15 is 0 Å². The number of urea groups is 1. The van der Waals surface area contributed by atoms with E-state index in [1.165, 1.54) is 22.5 Å². The third-order valence-electron chi connectivity index (χ3n) is 4.54. The minimum Gasteiger partial charge on any atom is -0.323 e. The Labute approximate surface area is 170 Å². The minimum absolute atomic E-state index is 0.175. The van der Waals surface area contributed by atoms with Gasteiger partial charge in [-0.25, -0.2) is 17.9 Å². The molecule has 152 valence electrons. The lowest BCUT2D eigenvalue weighted by Gasteiger charge is -2.17. The van der Waals surface area contributed by atoms with Gasteiger partial charge in [-0.1, -0.05) is 43.3 Å². The fraction of sp³-hybridized carbons (Fsp3) is 0.238. The highest BCUT2D eigenvalue weighted by Gasteiger charge is 2.16. The van der Waals surface area contributed by atoms with Crippen LogP contribution >= 0.6 is 0 Å². The largest absolute Gasteiger partial charge is 0.323 e. The Kier molecular flexibility index (Phi) is 6.03. The van der Waals surface area contributed by atoms with Crippen LogP contribution in [0.4, 0.5) is 10.5 Å². The number of aryl methyl sites for hydroxylation is 1. The zero-order chi connectivity index (χ0) is 21.0. The number of nitrogens with zero attached hydrogens (tertiary/aromatic N) is 3. The molecule has 0 unspecified atom stereocenters. The molecule has 2 amide bonds. The second kappa shape index (κ2) is 8.48.